The van der Waals surface area contributed by atoms with Gasteiger partial charge in [0.2, 0.25) is 11.8 Å². The molecule has 2 aromatic rings. The Labute approximate surface area is 169 Å². The summed E-state index contributed by atoms with van der Waals surface area (Å²) < 4.78 is 16.1. The number of rotatable bonds is 6. The second-order valence-electron chi connectivity index (χ2n) is 6.60. The van der Waals surface area contributed by atoms with Crippen molar-refractivity contribution >= 4 is 23.6 Å². The number of ether oxygens (including phenoxy) is 2. The number of hydrogen-bond acceptors (Lipinski definition) is 6. The Morgan fingerprint density at radius 3 is 2.96 bits per heavy atom. The van der Waals surface area contributed by atoms with E-state index in [1.54, 1.807) is 43.2 Å². The quantitative estimate of drug-likeness (QED) is 0.679. The first-order valence-corrected chi connectivity index (χ1v) is 9.67. The van der Waals surface area contributed by atoms with E-state index in [4.69, 9.17) is 25.6 Å². The number of halogens is 1. The van der Waals surface area contributed by atoms with Crippen molar-refractivity contribution in [2.45, 2.75) is 32.6 Å². The topological polar surface area (TPSA) is 77.7 Å². The van der Waals surface area contributed by atoms with E-state index in [1.807, 2.05) is 6.92 Å². The predicted octanol–water partition coefficient (Wildman–Crippen LogP) is 3.86. The fraction of sp³-hybridized carbons (Fsp3) is 0.450. The van der Waals surface area contributed by atoms with Gasteiger partial charge in [-0.1, -0.05) is 16.8 Å². The van der Waals surface area contributed by atoms with Crippen molar-refractivity contribution in [3.8, 4) is 11.5 Å². The number of nitrogens with zero attached hydrogens (tertiary/aromatic N) is 3. The van der Waals surface area contributed by atoms with Gasteiger partial charge in [-0.2, -0.15) is 4.98 Å². The minimum atomic E-state index is -0.0640. The maximum atomic E-state index is 12.7. The van der Waals surface area contributed by atoms with Crippen molar-refractivity contribution in [2.75, 3.05) is 26.8 Å². The second-order valence-corrected chi connectivity index (χ2v) is 7.01. The van der Waals surface area contributed by atoms with Crippen LogP contribution in [0.3, 0.4) is 0 Å². The first-order valence-electron chi connectivity index (χ1n) is 9.29. The fourth-order valence-electron chi connectivity index (χ4n) is 3.28. The van der Waals surface area contributed by atoms with E-state index >= 15 is 0 Å². The molecule has 1 atom stereocenters. The third kappa shape index (κ3) is 4.65. The highest BCUT2D eigenvalue weighted by molar-refractivity contribution is 6.32. The normalized spacial score (nSPS) is 17.1. The van der Waals surface area contributed by atoms with Gasteiger partial charge in [-0.25, -0.2) is 0 Å². The van der Waals surface area contributed by atoms with Crippen LogP contribution in [0.1, 0.15) is 43.0 Å². The van der Waals surface area contributed by atoms with Gasteiger partial charge in [-0.3, -0.25) is 4.79 Å². The standard InChI is InChI=1S/C20H24ClN3O4/c1-4-27-17-11-14(10-16(21)19(17)26-3)7-8-18(25)24-9-5-6-15(12-24)20-22-13(2)23-28-20/h7-8,10-11,15H,4-6,9,12H2,1-3H3/b8-7+. The molecule has 0 saturated carbocycles. The summed E-state index contributed by atoms with van der Waals surface area (Å²) in [6.45, 7) is 5.44. The molecule has 0 N–H and O–H groups in total. The van der Waals surface area contributed by atoms with E-state index < -0.39 is 0 Å². The highest BCUT2D eigenvalue weighted by Crippen LogP contribution is 2.36. The molecule has 0 bridgehead atoms. The summed E-state index contributed by atoms with van der Waals surface area (Å²) in [6, 6.07) is 3.55. The van der Waals surface area contributed by atoms with E-state index in [9.17, 15) is 4.79 Å². The third-order valence-electron chi connectivity index (χ3n) is 4.58. The van der Waals surface area contributed by atoms with Gasteiger partial charge in [0.25, 0.3) is 0 Å². The Morgan fingerprint density at radius 2 is 2.29 bits per heavy atom. The van der Waals surface area contributed by atoms with Crippen LogP contribution in [0, 0.1) is 6.92 Å². The number of carbonyl (C=O) groups excluding carboxylic acids is 1. The number of methoxy groups -OCH3 is 1. The number of aryl methyl sites for hydroxylation is 1. The summed E-state index contributed by atoms with van der Waals surface area (Å²) in [5, 5.41) is 4.28. The minimum Gasteiger partial charge on any atom is -0.491 e. The molecular formula is C20H24ClN3O4. The molecule has 1 aliphatic heterocycles. The average Bonchev–Trinajstić information content (AvgIpc) is 3.13. The second kappa shape index (κ2) is 9.10. The van der Waals surface area contributed by atoms with Crippen LogP contribution in [0.15, 0.2) is 22.7 Å². The third-order valence-corrected chi connectivity index (χ3v) is 4.86. The first kappa shape index (κ1) is 20.2. The zero-order valence-electron chi connectivity index (χ0n) is 16.3. The zero-order chi connectivity index (χ0) is 20.1. The van der Waals surface area contributed by atoms with E-state index in [2.05, 4.69) is 10.1 Å². The van der Waals surface area contributed by atoms with Gasteiger partial charge in [0.1, 0.15) is 0 Å². The Morgan fingerprint density at radius 1 is 1.46 bits per heavy atom. The van der Waals surface area contributed by atoms with Gasteiger partial charge in [-0.15, -0.1) is 0 Å². The number of piperidine rings is 1. The molecular weight excluding hydrogens is 382 g/mol. The van der Waals surface area contributed by atoms with Gasteiger partial charge in [-0.05, 0) is 50.5 Å². The summed E-state index contributed by atoms with van der Waals surface area (Å²) in [5.74, 6) is 2.26. The molecule has 1 aromatic carbocycles. The number of benzene rings is 1. The molecule has 2 heterocycles. The summed E-state index contributed by atoms with van der Waals surface area (Å²) in [6.07, 6.45) is 5.11. The van der Waals surface area contributed by atoms with Crippen molar-refractivity contribution < 1.29 is 18.8 Å². The Balaban J connectivity index is 1.70. The van der Waals surface area contributed by atoms with Crippen molar-refractivity contribution in [3.05, 3.63) is 40.5 Å². The lowest BCUT2D eigenvalue weighted by Gasteiger charge is -2.30. The van der Waals surface area contributed by atoms with Crippen LogP contribution >= 0.6 is 11.6 Å². The molecule has 1 fully saturated rings. The lowest BCUT2D eigenvalue weighted by atomic mass is 9.98. The number of likely N-dealkylation sites (tertiary alicyclic amines) is 1. The lowest BCUT2D eigenvalue weighted by Crippen LogP contribution is -2.38. The van der Waals surface area contributed by atoms with E-state index in [0.29, 0.717) is 47.9 Å². The van der Waals surface area contributed by atoms with E-state index in [0.717, 1.165) is 18.4 Å². The molecule has 1 aromatic heterocycles. The molecule has 28 heavy (non-hydrogen) atoms. The Bertz CT molecular complexity index is 865. The first-order chi connectivity index (χ1) is 13.5. The maximum absolute atomic E-state index is 12.7. The molecule has 8 heteroatoms. The highest BCUT2D eigenvalue weighted by Gasteiger charge is 2.27. The summed E-state index contributed by atoms with van der Waals surface area (Å²) in [4.78, 5) is 18.8. The molecule has 0 aliphatic carbocycles. The molecule has 1 saturated heterocycles. The minimum absolute atomic E-state index is 0.0640. The number of amides is 1. The van der Waals surface area contributed by atoms with Crippen molar-refractivity contribution in [2.24, 2.45) is 0 Å². The SMILES string of the molecule is CCOc1cc(/C=C/C(=O)N2CCCC(c3nc(C)no3)C2)cc(Cl)c1OC. The van der Waals surface area contributed by atoms with Crippen LogP contribution in [-0.4, -0.2) is 47.8 Å². The molecule has 1 aliphatic rings. The number of aromatic nitrogens is 2. The molecule has 1 amide bonds. The molecule has 0 radical (unpaired) electrons. The summed E-state index contributed by atoms with van der Waals surface area (Å²) in [5.41, 5.74) is 0.767. The Kier molecular flexibility index (Phi) is 6.57. The fourth-order valence-corrected chi connectivity index (χ4v) is 3.57. The van der Waals surface area contributed by atoms with Crippen molar-refractivity contribution in [3.63, 3.8) is 0 Å². The van der Waals surface area contributed by atoms with Crippen LogP contribution < -0.4 is 9.47 Å². The van der Waals surface area contributed by atoms with Crippen LogP contribution in [0.5, 0.6) is 11.5 Å². The van der Waals surface area contributed by atoms with Gasteiger partial charge >= 0.3 is 0 Å². The van der Waals surface area contributed by atoms with Gasteiger partial charge in [0.15, 0.2) is 17.3 Å². The predicted molar refractivity (Wildman–Crippen MR) is 106 cm³/mol. The maximum Gasteiger partial charge on any atom is 0.246 e. The van der Waals surface area contributed by atoms with E-state index in [1.165, 1.54) is 0 Å². The van der Waals surface area contributed by atoms with Gasteiger partial charge in [0, 0.05) is 19.2 Å². The van der Waals surface area contributed by atoms with Gasteiger partial charge in [0.05, 0.1) is 24.7 Å². The largest absolute Gasteiger partial charge is 0.491 e. The van der Waals surface area contributed by atoms with Gasteiger partial charge < -0.3 is 18.9 Å². The summed E-state index contributed by atoms with van der Waals surface area (Å²) >= 11 is 6.27. The van der Waals surface area contributed by atoms with E-state index in [-0.39, 0.29) is 11.8 Å². The average molecular weight is 406 g/mol. The van der Waals surface area contributed by atoms with Crippen LogP contribution in [-0.2, 0) is 4.79 Å². The highest BCUT2D eigenvalue weighted by atomic mass is 35.5. The van der Waals surface area contributed by atoms with Crippen molar-refractivity contribution in [1.29, 1.82) is 0 Å². The molecule has 1 unspecified atom stereocenters. The number of carbonyl (C=O) groups is 1. The zero-order valence-corrected chi connectivity index (χ0v) is 17.0. The Hall–Kier alpha value is -2.54. The molecule has 3 rings (SSSR count). The smallest absolute Gasteiger partial charge is 0.246 e. The lowest BCUT2D eigenvalue weighted by molar-refractivity contribution is -0.127. The number of hydrogen-bond donors (Lipinski definition) is 0. The van der Waals surface area contributed by atoms with Crippen LogP contribution in [0.2, 0.25) is 5.02 Å². The van der Waals surface area contributed by atoms with Crippen LogP contribution in [0.4, 0.5) is 0 Å². The molecule has 7 nitrogen and oxygen atoms in total. The summed E-state index contributed by atoms with van der Waals surface area (Å²) in [7, 11) is 1.54. The monoisotopic (exact) mass is 405 g/mol. The van der Waals surface area contributed by atoms with Crippen molar-refractivity contribution in [1.82, 2.24) is 15.0 Å². The van der Waals surface area contributed by atoms with Crippen LogP contribution in [0.25, 0.3) is 6.08 Å². The molecule has 150 valence electrons. The molecule has 0 spiro atoms.